The third-order valence-electron chi connectivity index (χ3n) is 1.29. The fourth-order valence-corrected chi connectivity index (χ4v) is 0.585. The van der Waals surface area contributed by atoms with Crippen LogP contribution < -0.4 is 5.73 Å². The van der Waals surface area contributed by atoms with Crippen molar-refractivity contribution in [1.29, 1.82) is 0 Å². The molecule has 0 heterocycles. The van der Waals surface area contributed by atoms with Crippen LogP contribution in [0.15, 0.2) is 0 Å². The molecule has 0 unspecified atom stereocenters. The van der Waals surface area contributed by atoms with Crippen molar-refractivity contribution in [3.05, 3.63) is 0 Å². The lowest BCUT2D eigenvalue weighted by atomic mass is 10.1. The summed E-state index contributed by atoms with van der Waals surface area (Å²) in [6.07, 6.45) is -4.44. The molecule has 0 spiro atoms. The van der Waals surface area contributed by atoms with Gasteiger partial charge in [-0.1, -0.05) is 0 Å². The van der Waals surface area contributed by atoms with E-state index in [9.17, 15) is 18.0 Å². The maximum absolute atomic E-state index is 11.9. The van der Waals surface area contributed by atoms with Crippen molar-refractivity contribution in [3.8, 4) is 0 Å². The van der Waals surface area contributed by atoms with Crippen molar-refractivity contribution >= 4 is 5.97 Å². The standard InChI is InChI=1S/C6H10F3NO3/c7-6(8,9)4(1-10)2-13-3-5(11)12/h4H,1-3,10H2,(H,11,12)/t4-/m0/s1. The van der Waals surface area contributed by atoms with Crippen molar-refractivity contribution in [2.45, 2.75) is 6.18 Å². The summed E-state index contributed by atoms with van der Waals surface area (Å²) < 4.78 is 40.1. The second kappa shape index (κ2) is 5.03. The highest BCUT2D eigenvalue weighted by Crippen LogP contribution is 2.25. The molecule has 7 heteroatoms. The average molecular weight is 201 g/mol. The van der Waals surface area contributed by atoms with Crippen molar-refractivity contribution in [2.24, 2.45) is 11.7 Å². The van der Waals surface area contributed by atoms with Gasteiger partial charge in [0.15, 0.2) is 0 Å². The zero-order chi connectivity index (χ0) is 10.5. The third kappa shape index (κ3) is 5.42. The van der Waals surface area contributed by atoms with Crippen molar-refractivity contribution in [3.63, 3.8) is 0 Å². The van der Waals surface area contributed by atoms with E-state index >= 15 is 0 Å². The van der Waals surface area contributed by atoms with E-state index < -0.39 is 37.8 Å². The van der Waals surface area contributed by atoms with Gasteiger partial charge < -0.3 is 15.6 Å². The summed E-state index contributed by atoms with van der Waals surface area (Å²) in [4.78, 5) is 9.88. The van der Waals surface area contributed by atoms with Crippen LogP contribution in [-0.4, -0.2) is 37.0 Å². The molecule has 3 N–H and O–H groups in total. The molecule has 0 aromatic rings. The fourth-order valence-electron chi connectivity index (χ4n) is 0.585. The summed E-state index contributed by atoms with van der Waals surface area (Å²) in [5.74, 6) is -3.11. The van der Waals surface area contributed by atoms with Crippen LogP contribution in [-0.2, 0) is 9.53 Å². The van der Waals surface area contributed by atoms with Gasteiger partial charge in [0.25, 0.3) is 0 Å². The van der Waals surface area contributed by atoms with E-state index in [2.05, 4.69) is 4.74 Å². The molecule has 0 amide bonds. The Balaban J connectivity index is 3.80. The Labute approximate surface area is 72.5 Å². The SMILES string of the molecule is NC[C@@H](COCC(=O)O)C(F)(F)F. The number of alkyl halides is 3. The number of hydrogen-bond donors (Lipinski definition) is 2. The molecule has 0 aliphatic heterocycles. The van der Waals surface area contributed by atoms with Gasteiger partial charge in [0.2, 0.25) is 0 Å². The number of ether oxygens (including phenoxy) is 1. The van der Waals surface area contributed by atoms with Crippen LogP contribution in [0.4, 0.5) is 13.2 Å². The van der Waals surface area contributed by atoms with Crippen LogP contribution in [0.3, 0.4) is 0 Å². The minimum atomic E-state index is -4.44. The van der Waals surface area contributed by atoms with Gasteiger partial charge in [0.1, 0.15) is 6.61 Å². The van der Waals surface area contributed by atoms with Crippen LogP contribution in [0.1, 0.15) is 0 Å². The van der Waals surface area contributed by atoms with Gasteiger partial charge in [-0.05, 0) is 0 Å². The van der Waals surface area contributed by atoms with Gasteiger partial charge in [-0.25, -0.2) is 4.79 Å². The Bertz CT molecular complexity index is 171. The average Bonchev–Trinajstić information content (AvgIpc) is 1.95. The van der Waals surface area contributed by atoms with Gasteiger partial charge in [-0.15, -0.1) is 0 Å². The smallest absolute Gasteiger partial charge is 0.395 e. The molecule has 0 aliphatic carbocycles. The Morgan fingerprint density at radius 1 is 1.54 bits per heavy atom. The number of carbonyl (C=O) groups is 1. The monoisotopic (exact) mass is 201 g/mol. The molecule has 0 aromatic carbocycles. The summed E-state index contributed by atoms with van der Waals surface area (Å²) >= 11 is 0. The van der Waals surface area contributed by atoms with Crippen LogP contribution in [0.5, 0.6) is 0 Å². The van der Waals surface area contributed by atoms with Gasteiger partial charge in [-0.3, -0.25) is 0 Å². The number of aliphatic carboxylic acids is 1. The molecule has 0 aliphatic rings. The molecule has 1 atom stereocenters. The Kier molecular flexibility index (Phi) is 4.71. The summed E-state index contributed by atoms with van der Waals surface area (Å²) in [7, 11) is 0. The molecule has 0 saturated carbocycles. The van der Waals surface area contributed by atoms with Gasteiger partial charge in [0, 0.05) is 6.54 Å². The van der Waals surface area contributed by atoms with Crippen LogP contribution in [0.2, 0.25) is 0 Å². The summed E-state index contributed by atoms with van der Waals surface area (Å²) in [5.41, 5.74) is 4.83. The first kappa shape index (κ1) is 12.2. The quantitative estimate of drug-likeness (QED) is 0.667. The zero-order valence-electron chi connectivity index (χ0n) is 6.67. The number of rotatable bonds is 5. The van der Waals surface area contributed by atoms with E-state index in [1.165, 1.54) is 0 Å². The number of hydrogen-bond acceptors (Lipinski definition) is 3. The highest BCUT2D eigenvalue weighted by atomic mass is 19.4. The lowest BCUT2D eigenvalue weighted by Crippen LogP contribution is -2.34. The number of carboxylic acid groups (broad SMARTS) is 1. The van der Waals surface area contributed by atoms with E-state index in [0.29, 0.717) is 0 Å². The first-order valence-electron chi connectivity index (χ1n) is 3.44. The van der Waals surface area contributed by atoms with E-state index in [0.717, 1.165) is 0 Å². The summed E-state index contributed by atoms with van der Waals surface area (Å²) in [6.45, 7) is -2.07. The lowest BCUT2D eigenvalue weighted by molar-refractivity contribution is -0.187. The van der Waals surface area contributed by atoms with Crippen LogP contribution in [0.25, 0.3) is 0 Å². The third-order valence-corrected chi connectivity index (χ3v) is 1.29. The number of halogens is 3. The Morgan fingerprint density at radius 3 is 2.38 bits per heavy atom. The molecule has 78 valence electrons. The molecule has 0 aromatic heterocycles. The Morgan fingerprint density at radius 2 is 2.08 bits per heavy atom. The van der Waals surface area contributed by atoms with Gasteiger partial charge in [0.05, 0.1) is 12.5 Å². The predicted octanol–water partition coefficient (Wildman–Crippen LogP) is 0.225. The summed E-state index contributed by atoms with van der Waals surface area (Å²) in [6, 6.07) is 0. The largest absolute Gasteiger partial charge is 0.480 e. The Hall–Kier alpha value is -0.820. The van der Waals surface area contributed by atoms with Gasteiger partial charge >= 0.3 is 12.1 Å². The number of nitrogens with two attached hydrogens (primary N) is 1. The number of carboxylic acids is 1. The maximum atomic E-state index is 11.9. The van der Waals surface area contributed by atoms with Crippen molar-refractivity contribution in [1.82, 2.24) is 0 Å². The molecule has 0 radical (unpaired) electrons. The van der Waals surface area contributed by atoms with E-state index in [1.807, 2.05) is 0 Å². The molecule has 0 bridgehead atoms. The second-order valence-corrected chi connectivity index (χ2v) is 2.38. The molecule has 13 heavy (non-hydrogen) atoms. The van der Waals surface area contributed by atoms with Crippen LogP contribution in [0, 0.1) is 5.92 Å². The zero-order valence-corrected chi connectivity index (χ0v) is 6.67. The van der Waals surface area contributed by atoms with E-state index in [4.69, 9.17) is 10.8 Å². The molecule has 4 nitrogen and oxygen atoms in total. The normalized spacial score (nSPS) is 14.2. The first-order chi connectivity index (χ1) is 5.88. The predicted molar refractivity (Wildman–Crippen MR) is 37.1 cm³/mol. The minimum Gasteiger partial charge on any atom is -0.480 e. The molecular weight excluding hydrogens is 191 g/mol. The highest BCUT2D eigenvalue weighted by molar-refractivity contribution is 5.67. The second-order valence-electron chi connectivity index (χ2n) is 2.38. The lowest BCUT2D eigenvalue weighted by Gasteiger charge is -2.17. The van der Waals surface area contributed by atoms with Crippen molar-refractivity contribution < 1.29 is 27.8 Å². The maximum Gasteiger partial charge on any atom is 0.395 e. The molecule has 0 saturated heterocycles. The minimum absolute atomic E-state index is 0.608. The fraction of sp³-hybridized carbons (Fsp3) is 0.833. The van der Waals surface area contributed by atoms with Crippen LogP contribution >= 0.6 is 0 Å². The van der Waals surface area contributed by atoms with Gasteiger partial charge in [-0.2, -0.15) is 13.2 Å². The molecular formula is C6H10F3NO3. The molecule has 0 rings (SSSR count). The van der Waals surface area contributed by atoms with Crippen molar-refractivity contribution in [2.75, 3.05) is 19.8 Å². The first-order valence-corrected chi connectivity index (χ1v) is 3.44. The topological polar surface area (TPSA) is 72.5 Å². The highest BCUT2D eigenvalue weighted by Gasteiger charge is 2.38. The summed E-state index contributed by atoms with van der Waals surface area (Å²) in [5, 5.41) is 8.06. The van der Waals surface area contributed by atoms with E-state index in [1.54, 1.807) is 0 Å². The molecule has 0 fully saturated rings. The van der Waals surface area contributed by atoms with E-state index in [-0.39, 0.29) is 0 Å².